The molecule has 536 valence electrons. The van der Waals surface area contributed by atoms with Gasteiger partial charge < -0.3 is 0 Å². The average Bonchev–Trinajstić information content (AvgIpc) is 0.774. The van der Waals surface area contributed by atoms with Crippen molar-refractivity contribution >= 4 is 198 Å². The number of aromatic nitrogens is 8. The van der Waals surface area contributed by atoms with Crippen LogP contribution in [0.2, 0.25) is 21.1 Å². The molecule has 0 unspecified atom stereocenters. The van der Waals surface area contributed by atoms with Crippen LogP contribution in [-0.4, -0.2) is 39.9 Å². The Morgan fingerprint density at radius 1 is 0.149 bits per heavy atom. The van der Waals surface area contributed by atoms with Crippen LogP contribution < -0.4 is 0 Å². The zero-order chi connectivity index (χ0) is 76.3. The van der Waals surface area contributed by atoms with Gasteiger partial charge in [0.1, 0.15) is 0 Å². The molecule has 0 spiro atoms. The lowest BCUT2D eigenvalue weighted by molar-refractivity contribution is 1.23. The van der Waals surface area contributed by atoms with Crippen molar-refractivity contribution < 1.29 is 0 Å². The lowest BCUT2D eigenvalue weighted by Gasteiger charge is -2.14. The Labute approximate surface area is 673 Å². The van der Waals surface area contributed by atoms with E-state index in [1.54, 1.807) is 0 Å². The third-order valence-electron chi connectivity index (χ3n) is 21.6. The highest BCUT2D eigenvalue weighted by molar-refractivity contribution is 6.35. The van der Waals surface area contributed by atoms with E-state index in [-0.39, 0.29) is 21.1 Å². The molecule has 0 bridgehead atoms. The van der Waals surface area contributed by atoms with Gasteiger partial charge in [-0.25, -0.2) is 39.9 Å². The van der Waals surface area contributed by atoms with E-state index in [1.165, 1.54) is 70.4 Å². The second kappa shape index (κ2) is 29.5. The van der Waals surface area contributed by atoms with Crippen LogP contribution in [0.1, 0.15) is 0 Å². The summed E-state index contributed by atoms with van der Waals surface area (Å²) in [5, 5.41) is 28.4. The van der Waals surface area contributed by atoms with Gasteiger partial charge >= 0.3 is 0 Å². The first-order chi connectivity index (χ1) is 56.2. The molecule has 19 aromatic carbocycles. The molecule has 0 amide bonds. The van der Waals surface area contributed by atoms with Gasteiger partial charge in [0.2, 0.25) is 21.1 Å². The molecule has 0 fully saturated rings. The fourth-order valence-electron chi connectivity index (χ4n) is 16.6. The van der Waals surface area contributed by atoms with Gasteiger partial charge in [0, 0.05) is 65.3 Å². The lowest BCUT2D eigenvalue weighted by atomic mass is 9.93. The van der Waals surface area contributed by atoms with E-state index < -0.39 is 0 Å². The zero-order valence-corrected chi connectivity index (χ0v) is 63.8. The van der Waals surface area contributed by atoms with Crippen molar-refractivity contribution in [2.24, 2.45) is 0 Å². The summed E-state index contributed by atoms with van der Waals surface area (Å²) in [4.78, 5) is 37.3. The van der Waals surface area contributed by atoms with Crippen LogP contribution in [-0.2, 0) is 0 Å². The van der Waals surface area contributed by atoms with Gasteiger partial charge in [-0.05, 0) is 150 Å². The minimum atomic E-state index is 0.259. The molecular formula is C102H60Cl4N8. The molecule has 0 radical (unpaired) electrons. The van der Waals surface area contributed by atoms with Crippen molar-refractivity contribution in [3.63, 3.8) is 0 Å². The van der Waals surface area contributed by atoms with E-state index in [2.05, 4.69) is 350 Å². The van der Waals surface area contributed by atoms with Gasteiger partial charge in [0.15, 0.2) is 0 Å². The van der Waals surface area contributed by atoms with Crippen molar-refractivity contribution in [2.75, 3.05) is 0 Å². The molecule has 0 saturated carbocycles. The van der Waals surface area contributed by atoms with E-state index in [9.17, 15) is 0 Å². The van der Waals surface area contributed by atoms with Crippen LogP contribution in [0.15, 0.2) is 364 Å². The summed E-state index contributed by atoms with van der Waals surface area (Å²) < 4.78 is 0. The van der Waals surface area contributed by atoms with E-state index in [1.807, 2.05) is 48.5 Å². The van der Waals surface area contributed by atoms with E-state index in [0.29, 0.717) is 0 Å². The summed E-state index contributed by atoms with van der Waals surface area (Å²) >= 11 is 25.6. The number of hydrogen-bond acceptors (Lipinski definition) is 8. The lowest BCUT2D eigenvalue weighted by Crippen LogP contribution is -1.95. The monoisotopic (exact) mass is 1540 g/mol. The van der Waals surface area contributed by atoms with Gasteiger partial charge in [-0.3, -0.25) is 0 Å². The first-order valence-corrected chi connectivity index (χ1v) is 39.0. The largest absolute Gasteiger partial charge is 0.223 e. The van der Waals surface area contributed by atoms with Crippen LogP contribution in [0, 0.1) is 0 Å². The van der Waals surface area contributed by atoms with Crippen molar-refractivity contribution in [1.82, 2.24) is 39.9 Å². The number of nitrogens with zero attached hydrogens (tertiary/aromatic N) is 8. The minimum Gasteiger partial charge on any atom is -0.217 e. The minimum absolute atomic E-state index is 0.259. The van der Waals surface area contributed by atoms with E-state index in [4.69, 9.17) is 51.4 Å². The van der Waals surface area contributed by atoms with Gasteiger partial charge in [0.05, 0.1) is 44.8 Å². The summed E-state index contributed by atoms with van der Waals surface area (Å²) in [6.45, 7) is 0. The predicted molar refractivity (Wildman–Crippen MR) is 480 cm³/mol. The summed E-state index contributed by atoms with van der Waals surface area (Å²) in [5.41, 5.74) is 13.6. The van der Waals surface area contributed by atoms with Crippen LogP contribution in [0.25, 0.3) is 207 Å². The number of hydrogen-bond donors (Lipinski definition) is 0. The summed E-state index contributed by atoms with van der Waals surface area (Å²) in [6.07, 6.45) is 0. The predicted octanol–water partition coefficient (Wildman–Crippen LogP) is 29.0. The highest BCUT2D eigenvalue weighted by atomic mass is 35.5. The van der Waals surface area contributed by atoms with Gasteiger partial charge in [-0.1, -0.05) is 358 Å². The Hall–Kier alpha value is -13.7. The molecule has 8 nitrogen and oxygen atoms in total. The number of halogens is 4. The van der Waals surface area contributed by atoms with E-state index >= 15 is 0 Å². The molecule has 0 atom stereocenters. The maximum atomic E-state index is 6.45. The molecule has 4 aromatic heterocycles. The van der Waals surface area contributed by atoms with Gasteiger partial charge in [0.25, 0.3) is 0 Å². The maximum Gasteiger partial charge on any atom is 0.223 e. The highest BCUT2D eigenvalue weighted by Gasteiger charge is 2.23. The molecule has 4 heterocycles. The molecule has 0 N–H and O–H groups in total. The average molecular weight is 1540 g/mol. The normalized spacial score (nSPS) is 11.5. The molecule has 23 rings (SSSR count). The molecule has 23 aromatic rings. The Morgan fingerprint density at radius 2 is 0.395 bits per heavy atom. The number of benzene rings is 19. The Bertz CT molecular complexity index is 7790. The number of rotatable bonds is 5. The first kappa shape index (κ1) is 69.5. The second-order valence-electron chi connectivity index (χ2n) is 28.0. The van der Waals surface area contributed by atoms with Crippen molar-refractivity contribution in [3.05, 3.63) is 385 Å². The summed E-state index contributed by atoms with van der Waals surface area (Å²) in [7, 11) is 0. The summed E-state index contributed by atoms with van der Waals surface area (Å²) in [6, 6.07) is 126. The molecule has 0 saturated heterocycles. The Morgan fingerprint density at radius 3 is 0.789 bits per heavy atom. The van der Waals surface area contributed by atoms with Crippen molar-refractivity contribution in [2.45, 2.75) is 0 Å². The van der Waals surface area contributed by atoms with Crippen LogP contribution in [0.4, 0.5) is 0 Å². The van der Waals surface area contributed by atoms with Crippen molar-refractivity contribution in [3.8, 4) is 56.2 Å². The molecule has 0 aliphatic heterocycles. The fourth-order valence-corrected chi connectivity index (χ4v) is 17.3. The molecule has 0 aliphatic rings. The van der Waals surface area contributed by atoms with Crippen LogP contribution in [0.3, 0.4) is 0 Å². The fraction of sp³-hybridized carbons (Fsp3) is 0. The SMILES string of the molecule is Clc1nc(-c2ccc(-c3ccccc3)cc2)c2c3ccccc3c3ccccc3c2n1.Clc1nc(-c2ccc3ccccc3c2)c2c3ccccc3c3ccccc3c2n1.Clc1nc(-c2cccc3ccccc23)c2c3ccccc3c3ccccc3c2n1.Clc1nc(-c2ccccc2)c2c3ccccc3c3ccccc3c2n1. The van der Waals surface area contributed by atoms with Crippen molar-refractivity contribution in [1.29, 1.82) is 0 Å². The Balaban J connectivity index is 0.0000000988. The highest BCUT2D eigenvalue weighted by Crippen LogP contribution is 2.46. The van der Waals surface area contributed by atoms with E-state index in [0.717, 1.165) is 137 Å². The molecule has 12 heteroatoms. The van der Waals surface area contributed by atoms with Crippen LogP contribution in [0.5, 0.6) is 0 Å². The second-order valence-corrected chi connectivity index (χ2v) is 29.4. The maximum absolute atomic E-state index is 6.45. The molecule has 114 heavy (non-hydrogen) atoms. The molecular weight excluding hydrogens is 1480 g/mol. The first-order valence-electron chi connectivity index (χ1n) is 37.5. The smallest absolute Gasteiger partial charge is 0.217 e. The third kappa shape index (κ3) is 12.5. The van der Waals surface area contributed by atoms with Gasteiger partial charge in [-0.2, -0.15) is 0 Å². The number of fused-ring (bicyclic) bond motifs is 26. The van der Waals surface area contributed by atoms with Crippen LogP contribution >= 0.6 is 46.4 Å². The quantitative estimate of drug-likeness (QED) is 0.124. The standard InChI is InChI=1S/C28H17ClN2.2C26H15ClN2.C22H13ClN2/c29-28-30-26(20-16-14-19(15-17-20)18-8-2-1-3-9-18)25-23-12-6-4-10-21(23)22-11-5-7-13-24(22)27(25)31-28;27-26-28-24(21-15-7-9-16-8-1-2-10-17(16)21)23-20-13-5-3-11-18(20)19-12-4-6-14-22(19)25(23)29-26;27-26-28-24(18-14-13-16-7-1-2-8-17(16)15-18)23-21-11-5-3-9-19(21)20-10-4-6-12-22(20)25(23)29-26;23-22-24-20(14-8-2-1-3-9-14)19-17-12-6-4-10-15(17)16-11-5-7-13-18(16)21(19)25-22/h1-17H;2*1-15H;1-13H. The topological polar surface area (TPSA) is 103 Å². The third-order valence-corrected chi connectivity index (χ3v) is 22.3. The Kier molecular flexibility index (Phi) is 18.0. The zero-order valence-electron chi connectivity index (χ0n) is 60.7. The van der Waals surface area contributed by atoms with Gasteiger partial charge in [-0.15, -0.1) is 0 Å². The summed E-state index contributed by atoms with van der Waals surface area (Å²) in [5.74, 6) is 0. The molecule has 0 aliphatic carbocycles.